The molecule has 0 aromatic heterocycles. The average molecular weight is 905 g/mol. The molecule has 0 aromatic rings. The second-order valence-electron chi connectivity index (χ2n) is 20.0. The molecule has 6 nitrogen and oxygen atoms in total. The van der Waals surface area contributed by atoms with E-state index >= 15 is 0 Å². The van der Waals surface area contributed by atoms with Crippen LogP contribution in [0.5, 0.6) is 0 Å². The summed E-state index contributed by atoms with van der Waals surface area (Å²) in [5.41, 5.74) is 0. The number of esters is 1. The number of hydrogen-bond donors (Lipinski definition) is 3. The molecule has 0 saturated carbocycles. The van der Waals surface area contributed by atoms with E-state index in [2.05, 4.69) is 19.2 Å². The monoisotopic (exact) mass is 904 g/mol. The van der Waals surface area contributed by atoms with Gasteiger partial charge < -0.3 is 20.3 Å². The van der Waals surface area contributed by atoms with Gasteiger partial charge in [-0.25, -0.2) is 0 Å². The summed E-state index contributed by atoms with van der Waals surface area (Å²) in [5, 5.41) is 23.1. The molecule has 0 aliphatic rings. The van der Waals surface area contributed by atoms with Gasteiger partial charge in [0.25, 0.3) is 0 Å². The summed E-state index contributed by atoms with van der Waals surface area (Å²) < 4.78 is 5.49. The molecule has 2 atom stereocenters. The molecule has 3 N–H and O–H groups in total. The maximum Gasteiger partial charge on any atom is 0.305 e. The van der Waals surface area contributed by atoms with Crippen molar-refractivity contribution in [3.05, 3.63) is 12.2 Å². The van der Waals surface area contributed by atoms with Gasteiger partial charge in [-0.1, -0.05) is 289 Å². The molecule has 0 spiro atoms. The van der Waals surface area contributed by atoms with Crippen LogP contribution in [0, 0.1) is 0 Å². The van der Waals surface area contributed by atoms with Gasteiger partial charge in [-0.3, -0.25) is 9.59 Å². The van der Waals surface area contributed by atoms with Crippen molar-refractivity contribution in [2.75, 3.05) is 13.2 Å². The van der Waals surface area contributed by atoms with Crippen LogP contribution < -0.4 is 5.32 Å². The molecule has 0 heterocycles. The fraction of sp³-hybridized carbons (Fsp3) is 0.931. The molecule has 0 rings (SSSR count). The smallest absolute Gasteiger partial charge is 0.305 e. The van der Waals surface area contributed by atoms with Crippen molar-refractivity contribution in [1.29, 1.82) is 0 Å². The topological polar surface area (TPSA) is 95.9 Å². The summed E-state index contributed by atoms with van der Waals surface area (Å²) in [6.07, 6.45) is 63.7. The summed E-state index contributed by atoms with van der Waals surface area (Å²) in [4.78, 5) is 24.5. The van der Waals surface area contributed by atoms with E-state index < -0.39 is 12.1 Å². The van der Waals surface area contributed by atoms with Crippen LogP contribution >= 0.6 is 0 Å². The number of rotatable bonds is 54. The second-order valence-corrected chi connectivity index (χ2v) is 20.0. The predicted octanol–water partition coefficient (Wildman–Crippen LogP) is 17.7. The molecule has 0 aliphatic carbocycles. The number of unbranched alkanes of at least 4 members (excludes halogenated alkanes) is 43. The fourth-order valence-electron chi connectivity index (χ4n) is 9.11. The van der Waals surface area contributed by atoms with Gasteiger partial charge in [0, 0.05) is 12.8 Å². The van der Waals surface area contributed by atoms with Crippen LogP contribution in [-0.2, 0) is 14.3 Å². The highest BCUT2D eigenvalue weighted by atomic mass is 16.5. The van der Waals surface area contributed by atoms with Gasteiger partial charge in [-0.05, 0) is 32.1 Å². The number of ether oxygens (including phenoxy) is 1. The molecule has 64 heavy (non-hydrogen) atoms. The molecule has 0 bridgehead atoms. The van der Waals surface area contributed by atoms with E-state index in [1.807, 2.05) is 6.08 Å². The SMILES string of the molecule is CCCCCCCCCCCCC/C=C/C(O)C(CO)NC(=O)CCCCCCCCCCCCCCCCCCOC(=O)CCCCCCCCCCCCCCCCCCCC. The Morgan fingerprint density at radius 1 is 0.422 bits per heavy atom. The highest BCUT2D eigenvalue weighted by Gasteiger charge is 2.18. The molecule has 0 saturated heterocycles. The molecular formula is C58H113NO5. The molecule has 6 heteroatoms. The Kier molecular flexibility index (Phi) is 53.0. The first-order chi connectivity index (χ1) is 31.5. The molecule has 0 aromatic carbocycles. The van der Waals surface area contributed by atoms with Gasteiger partial charge in [0.2, 0.25) is 5.91 Å². The molecule has 1 amide bonds. The zero-order chi connectivity index (χ0) is 46.5. The fourth-order valence-corrected chi connectivity index (χ4v) is 9.11. The highest BCUT2D eigenvalue weighted by molar-refractivity contribution is 5.76. The number of aliphatic hydroxyl groups is 2. The number of hydrogen-bond acceptors (Lipinski definition) is 5. The minimum absolute atomic E-state index is 0.00690. The van der Waals surface area contributed by atoms with Crippen molar-refractivity contribution in [3.63, 3.8) is 0 Å². The van der Waals surface area contributed by atoms with Gasteiger partial charge in [-0.15, -0.1) is 0 Å². The van der Waals surface area contributed by atoms with Crippen molar-refractivity contribution >= 4 is 11.9 Å². The number of nitrogens with one attached hydrogen (secondary N) is 1. The molecule has 380 valence electrons. The Hall–Kier alpha value is -1.40. The maximum absolute atomic E-state index is 12.4. The van der Waals surface area contributed by atoms with Crippen LogP contribution in [0.15, 0.2) is 12.2 Å². The predicted molar refractivity (Wildman–Crippen MR) is 278 cm³/mol. The maximum atomic E-state index is 12.4. The average Bonchev–Trinajstić information content (AvgIpc) is 3.29. The quantitative estimate of drug-likeness (QED) is 0.0321. The lowest BCUT2D eigenvalue weighted by Crippen LogP contribution is -2.45. The lowest BCUT2D eigenvalue weighted by Gasteiger charge is -2.20. The Bertz CT molecular complexity index is 955. The van der Waals surface area contributed by atoms with Crippen LogP contribution in [0.1, 0.15) is 322 Å². The highest BCUT2D eigenvalue weighted by Crippen LogP contribution is 2.17. The van der Waals surface area contributed by atoms with Crippen LogP contribution in [0.4, 0.5) is 0 Å². The largest absolute Gasteiger partial charge is 0.466 e. The van der Waals surface area contributed by atoms with E-state index in [1.54, 1.807) is 6.08 Å². The number of amides is 1. The normalized spacial score (nSPS) is 12.6. The second kappa shape index (κ2) is 54.2. The Morgan fingerprint density at radius 2 is 0.719 bits per heavy atom. The van der Waals surface area contributed by atoms with E-state index in [0.717, 1.165) is 44.9 Å². The van der Waals surface area contributed by atoms with Crippen molar-refractivity contribution in [1.82, 2.24) is 5.32 Å². The molecule has 2 unspecified atom stereocenters. The summed E-state index contributed by atoms with van der Waals surface area (Å²) in [5.74, 6) is -0.0666. The van der Waals surface area contributed by atoms with Gasteiger partial charge >= 0.3 is 5.97 Å². The Morgan fingerprint density at radius 3 is 1.06 bits per heavy atom. The van der Waals surface area contributed by atoms with Crippen molar-refractivity contribution in [2.45, 2.75) is 334 Å². The summed E-state index contributed by atoms with van der Waals surface area (Å²) >= 11 is 0. The number of aliphatic hydroxyl groups excluding tert-OH is 2. The lowest BCUT2D eigenvalue weighted by molar-refractivity contribution is -0.143. The van der Waals surface area contributed by atoms with Crippen LogP contribution in [0.25, 0.3) is 0 Å². The van der Waals surface area contributed by atoms with E-state index in [1.165, 1.54) is 250 Å². The first-order valence-corrected chi connectivity index (χ1v) is 29.0. The van der Waals surface area contributed by atoms with Crippen molar-refractivity contribution in [3.8, 4) is 0 Å². The van der Waals surface area contributed by atoms with Crippen LogP contribution in [0.2, 0.25) is 0 Å². The third kappa shape index (κ3) is 50.0. The van der Waals surface area contributed by atoms with Crippen LogP contribution in [-0.4, -0.2) is 47.4 Å². The van der Waals surface area contributed by atoms with E-state index in [9.17, 15) is 19.8 Å². The number of allylic oxidation sites excluding steroid dienone is 1. The van der Waals surface area contributed by atoms with E-state index in [0.29, 0.717) is 19.4 Å². The van der Waals surface area contributed by atoms with Gasteiger partial charge in [0.05, 0.1) is 25.4 Å². The zero-order valence-electron chi connectivity index (χ0n) is 43.3. The number of carbonyl (C=O) groups is 2. The van der Waals surface area contributed by atoms with Crippen molar-refractivity contribution < 1.29 is 24.5 Å². The lowest BCUT2D eigenvalue weighted by atomic mass is 10.0. The van der Waals surface area contributed by atoms with Crippen LogP contribution in [0.3, 0.4) is 0 Å². The summed E-state index contributed by atoms with van der Waals surface area (Å²) in [6, 6.07) is -0.631. The molecule has 0 aliphatic heterocycles. The first-order valence-electron chi connectivity index (χ1n) is 29.0. The van der Waals surface area contributed by atoms with E-state index in [-0.39, 0.29) is 18.5 Å². The first kappa shape index (κ1) is 62.6. The third-order valence-electron chi connectivity index (χ3n) is 13.6. The molecule has 0 fully saturated rings. The molecular weight excluding hydrogens is 791 g/mol. The van der Waals surface area contributed by atoms with Gasteiger partial charge in [-0.2, -0.15) is 0 Å². The number of carbonyl (C=O) groups excluding carboxylic acids is 2. The third-order valence-corrected chi connectivity index (χ3v) is 13.6. The van der Waals surface area contributed by atoms with Crippen molar-refractivity contribution in [2.24, 2.45) is 0 Å². The Labute approximate surface area is 399 Å². The van der Waals surface area contributed by atoms with E-state index in [4.69, 9.17) is 4.74 Å². The summed E-state index contributed by atoms with van der Waals surface area (Å²) in [6.45, 7) is 4.91. The minimum atomic E-state index is -0.847. The van der Waals surface area contributed by atoms with Gasteiger partial charge in [0.15, 0.2) is 0 Å². The van der Waals surface area contributed by atoms with Gasteiger partial charge in [0.1, 0.15) is 0 Å². The minimum Gasteiger partial charge on any atom is -0.466 e. The standard InChI is InChI=1S/C58H113NO5/c1-3-5-7-9-11-13-15-17-18-19-20-24-28-32-36-40-44-48-52-58(63)64-53-49-45-41-37-33-29-25-22-21-23-27-31-35-39-43-47-51-57(62)59-55(54-60)56(61)50-46-42-38-34-30-26-16-14-12-10-8-6-4-2/h46,50,55-56,60-61H,3-45,47-49,51-54H2,1-2H3,(H,59,62)/b50-46+. The Balaban J connectivity index is 3.40. The zero-order valence-corrected chi connectivity index (χ0v) is 43.3. The summed E-state index contributed by atoms with van der Waals surface area (Å²) in [7, 11) is 0. The molecule has 0 radical (unpaired) electrons.